The summed E-state index contributed by atoms with van der Waals surface area (Å²) in [6.07, 6.45) is 7.34. The van der Waals surface area contributed by atoms with Crippen LogP contribution in [0.4, 0.5) is 5.69 Å². The fourth-order valence-corrected chi connectivity index (χ4v) is 3.82. The van der Waals surface area contributed by atoms with E-state index in [2.05, 4.69) is 44.8 Å². The zero-order chi connectivity index (χ0) is 22.1. The van der Waals surface area contributed by atoms with Crippen LogP contribution >= 0.6 is 24.0 Å². The minimum Gasteiger partial charge on any atom is -0.355 e. The van der Waals surface area contributed by atoms with E-state index < -0.39 is 0 Å². The number of carbonyl (C=O) groups excluding carboxylic acids is 1. The molecule has 0 aliphatic carbocycles. The van der Waals surface area contributed by atoms with E-state index >= 15 is 0 Å². The number of hydrogen-bond donors (Lipinski definition) is 3. The van der Waals surface area contributed by atoms with Crippen LogP contribution in [0, 0.1) is 0 Å². The molecule has 1 aromatic heterocycles. The number of amides is 1. The van der Waals surface area contributed by atoms with E-state index in [0.29, 0.717) is 6.54 Å². The van der Waals surface area contributed by atoms with Gasteiger partial charge in [-0.15, -0.1) is 24.0 Å². The molecule has 0 saturated carbocycles. The lowest BCUT2D eigenvalue weighted by Gasteiger charge is -2.41. The molecule has 1 saturated heterocycles. The van der Waals surface area contributed by atoms with Gasteiger partial charge in [0.05, 0.1) is 0 Å². The minimum absolute atomic E-state index is 0. The molecule has 8 nitrogen and oxygen atoms in total. The van der Waals surface area contributed by atoms with Crippen LogP contribution in [0.25, 0.3) is 0 Å². The van der Waals surface area contributed by atoms with E-state index in [-0.39, 0.29) is 42.0 Å². The van der Waals surface area contributed by atoms with E-state index in [1.165, 1.54) is 32.4 Å². The van der Waals surface area contributed by atoms with Gasteiger partial charge in [0.25, 0.3) is 0 Å². The number of rotatable bonds is 8. The summed E-state index contributed by atoms with van der Waals surface area (Å²) in [5, 5.41) is 13.8. The Morgan fingerprint density at radius 2 is 1.94 bits per heavy atom. The summed E-state index contributed by atoms with van der Waals surface area (Å²) in [4.78, 5) is 19.1. The van der Waals surface area contributed by atoms with Crippen molar-refractivity contribution in [3.8, 4) is 0 Å². The Labute approximate surface area is 208 Å². The van der Waals surface area contributed by atoms with Gasteiger partial charge < -0.3 is 16.0 Å². The molecule has 32 heavy (non-hydrogen) atoms. The van der Waals surface area contributed by atoms with Gasteiger partial charge in [0.1, 0.15) is 6.54 Å². The Balaban J connectivity index is 0.00000363. The standard InChI is InChI=1S/C23H35N7O.HI/c1-23(2,29-12-5-4-6-13-29)18-26-22(24-3)25-16-19-9-7-10-20(15-19)28-21(31)17-30-14-8-11-27-30;/h7-11,14-15H,4-6,12-13,16-18H2,1-3H3,(H,28,31)(H2,24,25,26);1H. The highest BCUT2D eigenvalue weighted by atomic mass is 127. The van der Waals surface area contributed by atoms with Crippen LogP contribution in [-0.2, 0) is 17.9 Å². The van der Waals surface area contributed by atoms with Crippen molar-refractivity contribution in [2.24, 2.45) is 4.99 Å². The lowest BCUT2D eigenvalue weighted by Crippen LogP contribution is -2.54. The molecule has 1 aliphatic heterocycles. The van der Waals surface area contributed by atoms with Gasteiger partial charge >= 0.3 is 0 Å². The van der Waals surface area contributed by atoms with Gasteiger partial charge in [-0.1, -0.05) is 18.6 Å². The summed E-state index contributed by atoms with van der Waals surface area (Å²) >= 11 is 0. The maximum atomic E-state index is 12.2. The predicted molar refractivity (Wildman–Crippen MR) is 140 cm³/mol. The average Bonchev–Trinajstić information content (AvgIpc) is 3.27. The molecule has 1 aromatic carbocycles. The predicted octanol–water partition coefficient (Wildman–Crippen LogP) is 3.07. The van der Waals surface area contributed by atoms with Gasteiger partial charge in [0.15, 0.2) is 5.96 Å². The van der Waals surface area contributed by atoms with Gasteiger partial charge in [-0.25, -0.2) is 0 Å². The van der Waals surface area contributed by atoms with Gasteiger partial charge in [0, 0.05) is 43.8 Å². The molecule has 1 amide bonds. The zero-order valence-corrected chi connectivity index (χ0v) is 21.6. The van der Waals surface area contributed by atoms with Crippen LogP contribution in [0.3, 0.4) is 0 Å². The molecule has 2 aromatic rings. The summed E-state index contributed by atoms with van der Waals surface area (Å²) in [5.74, 6) is 0.671. The first-order valence-electron chi connectivity index (χ1n) is 11.0. The SMILES string of the molecule is CN=C(NCc1cccc(NC(=O)Cn2cccn2)c1)NCC(C)(C)N1CCCCC1.I. The third kappa shape index (κ3) is 8.09. The van der Waals surface area contributed by atoms with Crippen LogP contribution in [0.15, 0.2) is 47.7 Å². The third-order valence-corrected chi connectivity index (χ3v) is 5.66. The first-order valence-corrected chi connectivity index (χ1v) is 11.0. The van der Waals surface area contributed by atoms with Crippen molar-refractivity contribution >= 4 is 41.5 Å². The normalized spacial score (nSPS) is 15.0. The molecule has 3 rings (SSSR count). The Hall–Kier alpha value is -2.14. The average molecular weight is 553 g/mol. The zero-order valence-electron chi connectivity index (χ0n) is 19.3. The molecule has 0 spiro atoms. The number of guanidine groups is 1. The number of nitrogens with one attached hydrogen (secondary N) is 3. The fraction of sp³-hybridized carbons (Fsp3) is 0.522. The monoisotopic (exact) mass is 553 g/mol. The van der Waals surface area contributed by atoms with Gasteiger partial charge in [0.2, 0.25) is 5.91 Å². The Kier molecular flexibility index (Phi) is 10.4. The number of hydrogen-bond acceptors (Lipinski definition) is 4. The number of nitrogens with zero attached hydrogens (tertiary/aromatic N) is 4. The first-order chi connectivity index (χ1) is 15.0. The van der Waals surface area contributed by atoms with Crippen LogP contribution in [0.5, 0.6) is 0 Å². The molecule has 176 valence electrons. The molecule has 0 atom stereocenters. The van der Waals surface area contributed by atoms with Crippen molar-refractivity contribution < 1.29 is 4.79 Å². The van der Waals surface area contributed by atoms with E-state index in [9.17, 15) is 4.79 Å². The van der Waals surface area contributed by atoms with E-state index in [1.807, 2.05) is 24.3 Å². The highest BCUT2D eigenvalue weighted by molar-refractivity contribution is 14.0. The number of anilines is 1. The van der Waals surface area contributed by atoms with Gasteiger partial charge in [-0.3, -0.25) is 19.4 Å². The maximum absolute atomic E-state index is 12.2. The third-order valence-electron chi connectivity index (χ3n) is 5.66. The second-order valence-electron chi connectivity index (χ2n) is 8.59. The molecular formula is C23H36IN7O. The molecule has 1 fully saturated rings. The lowest BCUT2D eigenvalue weighted by atomic mass is 9.98. The Morgan fingerprint density at radius 3 is 2.62 bits per heavy atom. The quantitative estimate of drug-likeness (QED) is 0.266. The van der Waals surface area contributed by atoms with Crippen LogP contribution in [0.2, 0.25) is 0 Å². The number of carbonyl (C=O) groups is 1. The second kappa shape index (κ2) is 12.8. The topological polar surface area (TPSA) is 86.6 Å². The molecule has 2 heterocycles. The minimum atomic E-state index is -0.105. The first kappa shape index (κ1) is 26.1. The lowest BCUT2D eigenvalue weighted by molar-refractivity contribution is -0.116. The molecule has 0 unspecified atom stereocenters. The van der Waals surface area contributed by atoms with Crippen molar-refractivity contribution in [3.05, 3.63) is 48.3 Å². The van der Waals surface area contributed by atoms with Crippen molar-refractivity contribution in [3.63, 3.8) is 0 Å². The van der Waals surface area contributed by atoms with Crippen molar-refractivity contribution in [1.29, 1.82) is 0 Å². The molecular weight excluding hydrogens is 517 g/mol. The fourth-order valence-electron chi connectivity index (χ4n) is 3.82. The molecule has 3 N–H and O–H groups in total. The molecule has 0 bridgehead atoms. The summed E-state index contributed by atoms with van der Waals surface area (Å²) in [6.45, 7) is 8.54. The number of benzene rings is 1. The summed E-state index contributed by atoms with van der Waals surface area (Å²) in [6, 6.07) is 9.63. The van der Waals surface area contributed by atoms with Crippen molar-refractivity contribution in [2.75, 3.05) is 32.0 Å². The number of aromatic nitrogens is 2. The summed E-state index contributed by atoms with van der Waals surface area (Å²) < 4.78 is 1.60. The second-order valence-corrected chi connectivity index (χ2v) is 8.59. The molecule has 9 heteroatoms. The van der Waals surface area contributed by atoms with Gasteiger partial charge in [-0.2, -0.15) is 5.10 Å². The van der Waals surface area contributed by atoms with Crippen LogP contribution < -0.4 is 16.0 Å². The van der Waals surface area contributed by atoms with Crippen molar-refractivity contribution in [1.82, 2.24) is 25.3 Å². The summed E-state index contributed by atoms with van der Waals surface area (Å²) in [7, 11) is 1.79. The largest absolute Gasteiger partial charge is 0.355 e. The number of likely N-dealkylation sites (tertiary alicyclic amines) is 1. The summed E-state index contributed by atoms with van der Waals surface area (Å²) in [5.41, 5.74) is 1.91. The maximum Gasteiger partial charge on any atom is 0.246 e. The van der Waals surface area contributed by atoms with Crippen LogP contribution in [0.1, 0.15) is 38.7 Å². The Morgan fingerprint density at radius 1 is 1.16 bits per heavy atom. The number of aliphatic imine (C=N–C) groups is 1. The highest BCUT2D eigenvalue weighted by Crippen LogP contribution is 2.19. The van der Waals surface area contributed by atoms with Gasteiger partial charge in [-0.05, 0) is 63.5 Å². The Bertz CT molecular complexity index is 861. The van der Waals surface area contributed by atoms with Crippen LogP contribution in [-0.4, -0.2) is 58.8 Å². The number of piperidine rings is 1. The van der Waals surface area contributed by atoms with Crippen molar-refractivity contribution in [2.45, 2.75) is 51.7 Å². The number of halogens is 1. The molecule has 1 aliphatic rings. The van der Waals surface area contributed by atoms with E-state index in [0.717, 1.165) is 23.8 Å². The highest BCUT2D eigenvalue weighted by Gasteiger charge is 2.27. The smallest absolute Gasteiger partial charge is 0.246 e. The van der Waals surface area contributed by atoms with E-state index in [4.69, 9.17) is 0 Å². The van der Waals surface area contributed by atoms with E-state index in [1.54, 1.807) is 30.2 Å². The molecule has 0 radical (unpaired) electrons.